The van der Waals surface area contributed by atoms with Crippen LogP contribution < -0.4 is 9.44 Å². The van der Waals surface area contributed by atoms with Crippen molar-refractivity contribution < 1.29 is 16.8 Å². The van der Waals surface area contributed by atoms with Crippen LogP contribution >= 0.6 is 11.6 Å². The van der Waals surface area contributed by atoms with Crippen molar-refractivity contribution in [2.45, 2.75) is 9.79 Å². The molecule has 4 aromatic rings. The lowest BCUT2D eigenvalue weighted by Crippen LogP contribution is -2.14. The van der Waals surface area contributed by atoms with Gasteiger partial charge in [0.05, 0.1) is 9.79 Å². The lowest BCUT2D eigenvalue weighted by Gasteiger charge is -2.11. The predicted molar refractivity (Wildman–Crippen MR) is 123 cm³/mol. The quantitative estimate of drug-likeness (QED) is 0.408. The van der Waals surface area contributed by atoms with Gasteiger partial charge in [0.15, 0.2) is 0 Å². The molecule has 6 nitrogen and oxygen atoms in total. The second-order valence-corrected chi connectivity index (χ2v) is 10.6. The van der Waals surface area contributed by atoms with E-state index in [2.05, 4.69) is 9.44 Å². The van der Waals surface area contributed by atoms with Gasteiger partial charge in [-0.15, -0.1) is 0 Å². The van der Waals surface area contributed by atoms with Gasteiger partial charge < -0.3 is 0 Å². The van der Waals surface area contributed by atoms with Crippen molar-refractivity contribution in [2.75, 3.05) is 9.44 Å². The van der Waals surface area contributed by atoms with E-state index in [-0.39, 0.29) is 15.5 Å². The van der Waals surface area contributed by atoms with E-state index in [1.165, 1.54) is 30.3 Å². The van der Waals surface area contributed by atoms with Crippen LogP contribution in [0.3, 0.4) is 0 Å². The third-order valence-corrected chi connectivity index (χ3v) is 7.57. The minimum absolute atomic E-state index is 0.00361. The highest BCUT2D eigenvalue weighted by Crippen LogP contribution is 2.23. The normalized spacial score (nSPS) is 11.9. The molecule has 158 valence electrons. The third-order valence-electron chi connectivity index (χ3n) is 4.54. The van der Waals surface area contributed by atoms with E-state index in [0.717, 1.165) is 10.8 Å². The molecule has 0 saturated carbocycles. The Bertz CT molecular complexity index is 1450. The lowest BCUT2D eigenvalue weighted by molar-refractivity contribution is 0.600. The molecule has 4 rings (SSSR count). The Morgan fingerprint density at radius 1 is 0.548 bits per heavy atom. The fourth-order valence-electron chi connectivity index (χ4n) is 2.98. The monoisotopic (exact) mass is 472 g/mol. The summed E-state index contributed by atoms with van der Waals surface area (Å²) in [5.74, 6) is 0. The van der Waals surface area contributed by atoms with Crippen LogP contribution in [-0.4, -0.2) is 16.8 Å². The smallest absolute Gasteiger partial charge is 0.261 e. The largest absolute Gasteiger partial charge is 0.280 e. The Labute approximate surface area is 185 Å². The summed E-state index contributed by atoms with van der Waals surface area (Å²) < 4.78 is 55.5. The minimum atomic E-state index is -3.83. The maximum atomic E-state index is 12.7. The van der Waals surface area contributed by atoms with Crippen molar-refractivity contribution in [1.29, 1.82) is 0 Å². The molecule has 0 atom stereocenters. The highest BCUT2D eigenvalue weighted by Gasteiger charge is 2.17. The van der Waals surface area contributed by atoms with Gasteiger partial charge in [-0.3, -0.25) is 9.44 Å². The van der Waals surface area contributed by atoms with Gasteiger partial charge in [-0.1, -0.05) is 41.9 Å². The number of rotatable bonds is 6. The van der Waals surface area contributed by atoms with Crippen LogP contribution in [0.2, 0.25) is 5.02 Å². The summed E-state index contributed by atoms with van der Waals surface area (Å²) in [6, 6.07) is 24.0. The standard InChI is InChI=1S/C22H17ClN2O4S2/c23-18-6-8-19(9-7-18)24-30(26,27)21-13-10-20(11-14-21)25-31(28,29)22-12-5-16-3-1-2-4-17(16)15-22/h1-15,24-25H. The van der Waals surface area contributed by atoms with Crippen molar-refractivity contribution in [3.8, 4) is 0 Å². The Kier molecular flexibility index (Phi) is 5.62. The molecule has 0 aromatic heterocycles. The molecular formula is C22H17ClN2O4S2. The maximum absolute atomic E-state index is 12.7. The molecule has 9 heteroatoms. The van der Waals surface area contributed by atoms with Gasteiger partial charge in [0.1, 0.15) is 0 Å². The number of anilines is 2. The second kappa shape index (κ2) is 8.22. The van der Waals surface area contributed by atoms with Crippen molar-refractivity contribution in [2.24, 2.45) is 0 Å². The van der Waals surface area contributed by atoms with Crippen LogP contribution in [0.1, 0.15) is 0 Å². The summed E-state index contributed by atoms with van der Waals surface area (Å²) in [5, 5.41) is 2.23. The zero-order chi connectivity index (χ0) is 22.1. The summed E-state index contributed by atoms with van der Waals surface area (Å²) >= 11 is 5.81. The summed E-state index contributed by atoms with van der Waals surface area (Å²) in [6.07, 6.45) is 0. The van der Waals surface area contributed by atoms with Crippen molar-refractivity contribution >= 4 is 53.8 Å². The van der Waals surface area contributed by atoms with E-state index in [1.54, 1.807) is 36.4 Å². The summed E-state index contributed by atoms with van der Waals surface area (Å²) in [6.45, 7) is 0. The fraction of sp³-hybridized carbons (Fsp3) is 0. The Morgan fingerprint density at radius 2 is 1.03 bits per heavy atom. The van der Waals surface area contributed by atoms with E-state index in [0.29, 0.717) is 10.7 Å². The average molecular weight is 473 g/mol. The van der Waals surface area contributed by atoms with Crippen molar-refractivity contribution in [3.63, 3.8) is 0 Å². The van der Waals surface area contributed by atoms with Crippen LogP contribution in [0.15, 0.2) is 101 Å². The topological polar surface area (TPSA) is 92.3 Å². The van der Waals surface area contributed by atoms with Crippen molar-refractivity contribution in [3.05, 3.63) is 96.0 Å². The van der Waals surface area contributed by atoms with Crippen LogP contribution in [0.5, 0.6) is 0 Å². The van der Waals surface area contributed by atoms with Crippen molar-refractivity contribution in [1.82, 2.24) is 0 Å². The number of nitrogens with one attached hydrogen (secondary N) is 2. The molecule has 0 bridgehead atoms. The molecule has 31 heavy (non-hydrogen) atoms. The molecule has 0 aliphatic heterocycles. The number of hydrogen-bond acceptors (Lipinski definition) is 4. The zero-order valence-corrected chi connectivity index (χ0v) is 18.4. The van der Waals surface area contributed by atoms with Crippen LogP contribution in [0, 0.1) is 0 Å². The zero-order valence-electron chi connectivity index (χ0n) is 16.0. The molecule has 0 radical (unpaired) electrons. The van der Waals surface area contributed by atoms with Crippen LogP contribution in [0.25, 0.3) is 10.8 Å². The summed E-state index contributed by atoms with van der Waals surface area (Å²) in [5.41, 5.74) is 0.615. The van der Waals surface area contributed by atoms with Crippen LogP contribution in [0.4, 0.5) is 11.4 Å². The number of sulfonamides is 2. The molecule has 0 unspecified atom stereocenters. The molecule has 0 aliphatic rings. The molecule has 0 heterocycles. The van der Waals surface area contributed by atoms with Gasteiger partial charge in [0, 0.05) is 16.4 Å². The minimum Gasteiger partial charge on any atom is -0.280 e. The van der Waals surface area contributed by atoms with E-state index >= 15 is 0 Å². The maximum Gasteiger partial charge on any atom is 0.261 e. The average Bonchev–Trinajstić information content (AvgIpc) is 2.75. The second-order valence-electron chi connectivity index (χ2n) is 6.75. The molecule has 0 aliphatic carbocycles. The van der Waals surface area contributed by atoms with Gasteiger partial charge in [-0.25, -0.2) is 16.8 Å². The first kappa shape index (κ1) is 21.2. The molecule has 4 aromatic carbocycles. The van der Waals surface area contributed by atoms with Gasteiger partial charge in [0.2, 0.25) is 0 Å². The highest BCUT2D eigenvalue weighted by molar-refractivity contribution is 7.93. The van der Waals surface area contributed by atoms with E-state index in [9.17, 15) is 16.8 Å². The van der Waals surface area contributed by atoms with Crippen LogP contribution in [-0.2, 0) is 20.0 Å². The van der Waals surface area contributed by atoms with Gasteiger partial charge in [-0.05, 0) is 71.4 Å². The first-order valence-electron chi connectivity index (χ1n) is 9.13. The number of benzene rings is 4. The van der Waals surface area contributed by atoms with E-state index in [4.69, 9.17) is 11.6 Å². The van der Waals surface area contributed by atoms with Gasteiger partial charge in [0.25, 0.3) is 20.0 Å². The first-order chi connectivity index (χ1) is 14.7. The predicted octanol–water partition coefficient (Wildman–Crippen LogP) is 5.09. The molecule has 0 spiro atoms. The number of halogens is 1. The Morgan fingerprint density at radius 3 is 1.65 bits per heavy atom. The third kappa shape index (κ3) is 4.82. The Hall–Kier alpha value is -3.07. The number of fused-ring (bicyclic) bond motifs is 1. The summed E-state index contributed by atoms with van der Waals surface area (Å²) in [4.78, 5) is 0.114. The Balaban J connectivity index is 1.53. The fourth-order valence-corrected chi connectivity index (χ4v) is 5.26. The van der Waals surface area contributed by atoms with Gasteiger partial charge >= 0.3 is 0 Å². The van der Waals surface area contributed by atoms with Gasteiger partial charge in [-0.2, -0.15) is 0 Å². The molecule has 2 N–H and O–H groups in total. The van der Waals surface area contributed by atoms with E-state index < -0.39 is 20.0 Å². The van der Waals surface area contributed by atoms with E-state index in [1.807, 2.05) is 24.3 Å². The molecule has 0 amide bonds. The lowest BCUT2D eigenvalue weighted by atomic mass is 10.1. The molecular weight excluding hydrogens is 456 g/mol. The molecule has 0 saturated heterocycles. The number of hydrogen-bond donors (Lipinski definition) is 2. The SMILES string of the molecule is O=S(=O)(Nc1ccc(Cl)cc1)c1ccc(NS(=O)(=O)c2ccc3ccccc3c2)cc1. The first-order valence-corrected chi connectivity index (χ1v) is 12.5. The highest BCUT2D eigenvalue weighted by atomic mass is 35.5. The molecule has 0 fully saturated rings. The summed E-state index contributed by atoms with van der Waals surface area (Å²) in [7, 11) is -7.67.